The summed E-state index contributed by atoms with van der Waals surface area (Å²) in [5.41, 5.74) is 15.1. The number of likely N-dealkylation sites (tertiary alicyclic amines) is 1. The van der Waals surface area contributed by atoms with Gasteiger partial charge >= 0.3 is 0 Å². The normalized spacial score (nSPS) is 15.0. The minimum absolute atomic E-state index is 0.0129. The fourth-order valence-electron chi connectivity index (χ4n) is 6.52. The van der Waals surface area contributed by atoms with Crippen molar-refractivity contribution >= 4 is 45.2 Å². The zero-order valence-corrected chi connectivity index (χ0v) is 22.9. The van der Waals surface area contributed by atoms with E-state index in [1.807, 2.05) is 52.3 Å². The first-order valence-electron chi connectivity index (χ1n) is 14.0. The second kappa shape index (κ2) is 9.63. The zero-order valence-electron chi connectivity index (χ0n) is 22.9. The van der Waals surface area contributed by atoms with Crippen LogP contribution in [0.5, 0.6) is 0 Å². The van der Waals surface area contributed by atoms with Crippen LogP contribution in [0.2, 0.25) is 0 Å². The van der Waals surface area contributed by atoms with Crippen molar-refractivity contribution in [2.75, 3.05) is 11.4 Å². The number of aromatic amines is 1. The van der Waals surface area contributed by atoms with Gasteiger partial charge in [-0.05, 0) is 64.9 Å². The highest BCUT2D eigenvalue weighted by Crippen LogP contribution is 2.41. The number of benzene rings is 4. The smallest absolute Gasteiger partial charge is 0.258 e. The first-order chi connectivity index (χ1) is 19.9. The number of aromatic nitrogens is 1. The Hall–Kier alpha value is -4.91. The molecular weight excluding hydrogens is 512 g/mol. The molecule has 4 aromatic carbocycles. The standard InChI is InChI=1S/C34H30N4O3/c1-20-24(8-4-9-29(20)38-19-23-6-2-3-7-25(23)34(38)41)26-14-12-22(17-30(35)39)33-32(26)27-13-11-21(16-28(27)36-33)18-37-15-5-10-31(37)40/h2-4,6-9,11-14,16,36H,5,10,15,17-19H2,1H3,(H2,35,39). The molecule has 0 radical (unpaired) electrons. The Bertz CT molecular complexity index is 1900. The molecular formula is C34H30N4O3. The van der Waals surface area contributed by atoms with E-state index in [1.165, 1.54) is 0 Å². The zero-order chi connectivity index (χ0) is 28.2. The summed E-state index contributed by atoms with van der Waals surface area (Å²) in [6.45, 7) is 3.97. The monoisotopic (exact) mass is 542 g/mol. The molecule has 1 saturated heterocycles. The van der Waals surface area contributed by atoms with E-state index in [4.69, 9.17) is 5.73 Å². The summed E-state index contributed by atoms with van der Waals surface area (Å²) in [5.74, 6) is -0.183. The van der Waals surface area contributed by atoms with E-state index in [2.05, 4.69) is 42.2 Å². The molecule has 7 nitrogen and oxygen atoms in total. The predicted molar refractivity (Wildman–Crippen MR) is 160 cm³/mol. The van der Waals surface area contributed by atoms with Crippen LogP contribution < -0.4 is 10.6 Å². The van der Waals surface area contributed by atoms with Crippen LogP contribution in [0, 0.1) is 6.92 Å². The van der Waals surface area contributed by atoms with E-state index >= 15 is 0 Å². The Morgan fingerprint density at radius 3 is 2.56 bits per heavy atom. The first-order valence-corrected chi connectivity index (χ1v) is 14.0. The molecule has 41 heavy (non-hydrogen) atoms. The van der Waals surface area contributed by atoms with Crippen molar-refractivity contribution in [1.29, 1.82) is 0 Å². The summed E-state index contributed by atoms with van der Waals surface area (Å²) < 4.78 is 0. The van der Waals surface area contributed by atoms with Crippen LogP contribution in [0.1, 0.15) is 45.5 Å². The second-order valence-electron chi connectivity index (χ2n) is 11.1. The summed E-state index contributed by atoms with van der Waals surface area (Å²) >= 11 is 0. The van der Waals surface area contributed by atoms with Crippen molar-refractivity contribution in [2.45, 2.75) is 39.3 Å². The lowest BCUT2D eigenvalue weighted by Crippen LogP contribution is -2.24. The van der Waals surface area contributed by atoms with Crippen molar-refractivity contribution in [2.24, 2.45) is 5.73 Å². The largest absolute Gasteiger partial charge is 0.369 e. The van der Waals surface area contributed by atoms with Crippen molar-refractivity contribution in [3.05, 3.63) is 101 Å². The molecule has 0 bridgehead atoms. The van der Waals surface area contributed by atoms with E-state index in [1.54, 1.807) is 0 Å². The number of rotatable bonds is 6. The van der Waals surface area contributed by atoms with Gasteiger partial charge in [-0.3, -0.25) is 14.4 Å². The first kappa shape index (κ1) is 25.1. The maximum Gasteiger partial charge on any atom is 0.258 e. The van der Waals surface area contributed by atoms with E-state index in [0.717, 1.165) is 79.4 Å². The van der Waals surface area contributed by atoms with Crippen LogP contribution >= 0.6 is 0 Å². The molecule has 2 aliphatic rings. The average molecular weight is 543 g/mol. The fourth-order valence-corrected chi connectivity index (χ4v) is 6.52. The van der Waals surface area contributed by atoms with Gasteiger partial charge in [-0.25, -0.2) is 0 Å². The molecule has 7 rings (SSSR count). The molecule has 0 spiro atoms. The molecule has 0 saturated carbocycles. The Kier molecular flexibility index (Phi) is 5.89. The van der Waals surface area contributed by atoms with E-state index in [0.29, 0.717) is 19.5 Å². The summed E-state index contributed by atoms with van der Waals surface area (Å²) in [4.78, 5) is 44.8. The Labute approximate surface area is 237 Å². The van der Waals surface area contributed by atoms with Crippen LogP contribution in [-0.2, 0) is 29.1 Å². The molecule has 204 valence electrons. The number of primary amides is 1. The van der Waals surface area contributed by atoms with Gasteiger partial charge in [0.05, 0.1) is 18.5 Å². The molecule has 3 N–H and O–H groups in total. The van der Waals surface area contributed by atoms with Crippen molar-refractivity contribution in [1.82, 2.24) is 9.88 Å². The van der Waals surface area contributed by atoms with E-state index < -0.39 is 5.91 Å². The summed E-state index contributed by atoms with van der Waals surface area (Å²) in [6, 6.07) is 24.1. The van der Waals surface area contributed by atoms with Crippen LogP contribution in [0.4, 0.5) is 5.69 Å². The number of nitrogens with two attached hydrogens (primary N) is 1. The third-order valence-electron chi connectivity index (χ3n) is 8.52. The van der Waals surface area contributed by atoms with Gasteiger partial charge in [0.1, 0.15) is 0 Å². The number of anilines is 1. The van der Waals surface area contributed by atoms with Crippen LogP contribution in [0.3, 0.4) is 0 Å². The predicted octanol–water partition coefficient (Wildman–Crippen LogP) is 5.61. The van der Waals surface area contributed by atoms with Crippen LogP contribution in [-0.4, -0.2) is 34.2 Å². The highest BCUT2D eigenvalue weighted by Gasteiger charge is 2.30. The Morgan fingerprint density at radius 1 is 0.951 bits per heavy atom. The molecule has 1 fully saturated rings. The number of amides is 3. The van der Waals surface area contributed by atoms with E-state index in [-0.39, 0.29) is 18.2 Å². The van der Waals surface area contributed by atoms with Crippen LogP contribution in [0.15, 0.2) is 72.8 Å². The lowest BCUT2D eigenvalue weighted by Gasteiger charge is -2.21. The summed E-state index contributed by atoms with van der Waals surface area (Å²) in [6.07, 6.45) is 1.64. The lowest BCUT2D eigenvalue weighted by molar-refractivity contribution is -0.128. The maximum absolute atomic E-state index is 13.3. The molecule has 1 aromatic heterocycles. The number of nitrogens with zero attached hydrogens (tertiary/aromatic N) is 2. The number of hydrogen-bond donors (Lipinski definition) is 2. The van der Waals surface area contributed by atoms with Gasteiger partial charge in [0, 0.05) is 47.1 Å². The topological polar surface area (TPSA) is 99.5 Å². The number of nitrogens with one attached hydrogen (secondary N) is 1. The molecule has 2 aliphatic heterocycles. The van der Waals surface area contributed by atoms with Gasteiger partial charge < -0.3 is 20.5 Å². The highest BCUT2D eigenvalue weighted by molar-refractivity contribution is 6.16. The fraction of sp³-hybridized carbons (Fsp3) is 0.206. The Balaban J connectivity index is 1.36. The number of H-pyrrole nitrogens is 1. The minimum Gasteiger partial charge on any atom is -0.369 e. The highest BCUT2D eigenvalue weighted by atomic mass is 16.2. The summed E-state index contributed by atoms with van der Waals surface area (Å²) in [5, 5.41) is 2.05. The SMILES string of the molecule is Cc1c(-c2ccc(CC(N)=O)c3[nH]c4cc(CN5CCCC5=O)ccc4c23)cccc1N1Cc2ccccc2C1=O. The molecule has 3 heterocycles. The van der Waals surface area contributed by atoms with Gasteiger partial charge in [-0.1, -0.05) is 54.6 Å². The Morgan fingerprint density at radius 2 is 1.78 bits per heavy atom. The van der Waals surface area contributed by atoms with Gasteiger partial charge in [-0.2, -0.15) is 0 Å². The number of fused-ring (bicyclic) bond motifs is 4. The third-order valence-corrected chi connectivity index (χ3v) is 8.52. The lowest BCUT2D eigenvalue weighted by atomic mass is 9.92. The minimum atomic E-state index is -0.392. The van der Waals surface area contributed by atoms with Crippen molar-refractivity contribution in [3.63, 3.8) is 0 Å². The second-order valence-corrected chi connectivity index (χ2v) is 11.1. The van der Waals surface area contributed by atoms with Crippen molar-refractivity contribution < 1.29 is 14.4 Å². The average Bonchev–Trinajstić information content (AvgIpc) is 3.64. The van der Waals surface area contributed by atoms with E-state index in [9.17, 15) is 14.4 Å². The number of carbonyl (C=O) groups excluding carboxylic acids is 3. The van der Waals surface area contributed by atoms with Crippen molar-refractivity contribution in [3.8, 4) is 11.1 Å². The third kappa shape index (κ3) is 4.16. The van der Waals surface area contributed by atoms with Gasteiger partial charge in [0.15, 0.2) is 0 Å². The quantitative estimate of drug-likeness (QED) is 0.292. The van der Waals surface area contributed by atoms with Gasteiger partial charge in [0.25, 0.3) is 5.91 Å². The molecule has 0 aliphatic carbocycles. The molecule has 0 unspecified atom stereocenters. The van der Waals surface area contributed by atoms with Gasteiger partial charge in [0.2, 0.25) is 11.8 Å². The number of hydrogen-bond acceptors (Lipinski definition) is 3. The molecule has 7 heteroatoms. The number of carbonyl (C=O) groups is 3. The molecule has 0 atom stereocenters. The maximum atomic E-state index is 13.3. The molecule has 5 aromatic rings. The summed E-state index contributed by atoms with van der Waals surface area (Å²) in [7, 11) is 0. The van der Waals surface area contributed by atoms with Gasteiger partial charge in [-0.15, -0.1) is 0 Å². The van der Waals surface area contributed by atoms with Crippen LogP contribution in [0.25, 0.3) is 32.9 Å². The molecule has 3 amide bonds.